The Hall–Kier alpha value is -2.56. The summed E-state index contributed by atoms with van der Waals surface area (Å²) in [6, 6.07) is 13.8. The van der Waals surface area contributed by atoms with Gasteiger partial charge < -0.3 is 10.1 Å². The molecular formula is C15H16N4O. The summed E-state index contributed by atoms with van der Waals surface area (Å²) in [6.07, 6.45) is 1.88. The second-order valence-electron chi connectivity index (χ2n) is 4.37. The highest BCUT2D eigenvalue weighted by atomic mass is 16.5. The molecule has 0 fully saturated rings. The lowest BCUT2D eigenvalue weighted by Gasteiger charge is -2.06. The Morgan fingerprint density at radius 2 is 2.15 bits per heavy atom. The molecule has 0 aliphatic rings. The monoisotopic (exact) mass is 268 g/mol. The molecule has 1 N–H and O–H groups in total. The van der Waals surface area contributed by atoms with Gasteiger partial charge in [0.1, 0.15) is 5.75 Å². The first-order chi connectivity index (χ1) is 9.85. The van der Waals surface area contributed by atoms with Gasteiger partial charge in [0, 0.05) is 12.7 Å². The van der Waals surface area contributed by atoms with Gasteiger partial charge in [-0.1, -0.05) is 18.2 Å². The van der Waals surface area contributed by atoms with Crippen molar-refractivity contribution in [2.45, 2.75) is 13.5 Å². The van der Waals surface area contributed by atoms with Gasteiger partial charge in [-0.3, -0.25) is 0 Å². The summed E-state index contributed by atoms with van der Waals surface area (Å²) in [5, 5.41) is 7.57. The third-order valence-electron chi connectivity index (χ3n) is 2.90. The number of hydrogen-bond donors (Lipinski definition) is 1. The molecule has 0 aliphatic heterocycles. The lowest BCUT2D eigenvalue weighted by Crippen LogP contribution is -2.02. The predicted molar refractivity (Wildman–Crippen MR) is 77.9 cm³/mol. The first-order valence-electron chi connectivity index (χ1n) is 6.62. The molecule has 0 amide bonds. The first kappa shape index (κ1) is 12.5. The quantitative estimate of drug-likeness (QED) is 0.773. The number of hydrogen-bond acceptors (Lipinski definition) is 4. The third kappa shape index (κ3) is 2.71. The molecule has 0 radical (unpaired) electrons. The fourth-order valence-corrected chi connectivity index (χ4v) is 2.00. The number of ether oxygens (including phenoxy) is 1. The summed E-state index contributed by atoms with van der Waals surface area (Å²) >= 11 is 0. The largest absolute Gasteiger partial charge is 0.494 e. The fraction of sp³-hybridized carbons (Fsp3) is 0.200. The standard InChI is InChI=1S/C15H16N4O/c1-2-20-13-7-5-6-12(10-13)11-16-15-17-14-8-3-4-9-19(14)18-15/h3-10H,2,11H2,1H3,(H,16,18). The van der Waals surface area contributed by atoms with E-state index in [2.05, 4.69) is 15.4 Å². The Morgan fingerprint density at radius 3 is 3.00 bits per heavy atom. The maximum Gasteiger partial charge on any atom is 0.243 e. The maximum atomic E-state index is 5.48. The van der Waals surface area contributed by atoms with Crippen molar-refractivity contribution in [2.24, 2.45) is 0 Å². The molecule has 1 aromatic carbocycles. The Morgan fingerprint density at radius 1 is 1.20 bits per heavy atom. The highest BCUT2D eigenvalue weighted by molar-refractivity contribution is 5.43. The van der Waals surface area contributed by atoms with Gasteiger partial charge in [0.25, 0.3) is 0 Å². The van der Waals surface area contributed by atoms with Crippen LogP contribution in [0.1, 0.15) is 12.5 Å². The van der Waals surface area contributed by atoms with E-state index < -0.39 is 0 Å². The summed E-state index contributed by atoms with van der Waals surface area (Å²) < 4.78 is 7.23. The molecule has 3 rings (SSSR count). The summed E-state index contributed by atoms with van der Waals surface area (Å²) in [7, 11) is 0. The number of pyridine rings is 1. The minimum atomic E-state index is 0.623. The van der Waals surface area contributed by atoms with Crippen molar-refractivity contribution in [3.63, 3.8) is 0 Å². The lowest BCUT2D eigenvalue weighted by atomic mass is 10.2. The Bertz CT molecular complexity index is 675. The van der Waals surface area contributed by atoms with Crippen LogP contribution in [0.15, 0.2) is 48.7 Å². The molecule has 3 aromatic rings. The highest BCUT2D eigenvalue weighted by Crippen LogP contribution is 2.14. The van der Waals surface area contributed by atoms with E-state index in [4.69, 9.17) is 4.74 Å². The summed E-state index contributed by atoms with van der Waals surface area (Å²) in [4.78, 5) is 4.40. The average molecular weight is 268 g/mol. The SMILES string of the molecule is CCOc1cccc(CNc2nc3ccccn3n2)c1. The number of rotatable bonds is 5. The second kappa shape index (κ2) is 5.61. The van der Waals surface area contributed by atoms with Crippen LogP contribution >= 0.6 is 0 Å². The number of benzene rings is 1. The molecule has 0 saturated carbocycles. The molecule has 0 atom stereocenters. The van der Waals surface area contributed by atoms with Crippen LogP contribution in [0, 0.1) is 0 Å². The molecule has 5 heteroatoms. The van der Waals surface area contributed by atoms with E-state index in [9.17, 15) is 0 Å². The Balaban J connectivity index is 1.71. The number of anilines is 1. The minimum absolute atomic E-state index is 0.623. The van der Waals surface area contributed by atoms with E-state index in [0.717, 1.165) is 17.0 Å². The van der Waals surface area contributed by atoms with Crippen LogP contribution in [0.5, 0.6) is 5.75 Å². The molecule has 102 valence electrons. The fourth-order valence-electron chi connectivity index (χ4n) is 2.00. The molecule has 0 aliphatic carbocycles. The van der Waals surface area contributed by atoms with Crippen LogP contribution < -0.4 is 10.1 Å². The number of fused-ring (bicyclic) bond motifs is 1. The van der Waals surface area contributed by atoms with Crippen molar-refractivity contribution in [3.8, 4) is 5.75 Å². The molecule has 0 saturated heterocycles. The molecule has 5 nitrogen and oxygen atoms in total. The Kier molecular flexibility index (Phi) is 3.50. The average Bonchev–Trinajstić information content (AvgIpc) is 2.89. The van der Waals surface area contributed by atoms with Crippen molar-refractivity contribution in [1.29, 1.82) is 0 Å². The van der Waals surface area contributed by atoms with Gasteiger partial charge in [-0.25, -0.2) is 4.52 Å². The Labute approximate surface area is 117 Å². The van der Waals surface area contributed by atoms with E-state index in [-0.39, 0.29) is 0 Å². The van der Waals surface area contributed by atoms with Crippen molar-refractivity contribution in [3.05, 3.63) is 54.2 Å². The normalized spacial score (nSPS) is 10.7. The highest BCUT2D eigenvalue weighted by Gasteiger charge is 2.02. The van der Waals surface area contributed by atoms with E-state index in [1.54, 1.807) is 4.52 Å². The van der Waals surface area contributed by atoms with Gasteiger partial charge in [-0.15, -0.1) is 5.10 Å². The van der Waals surface area contributed by atoms with Gasteiger partial charge in [0.05, 0.1) is 6.61 Å². The van der Waals surface area contributed by atoms with Crippen LogP contribution in [0.2, 0.25) is 0 Å². The smallest absolute Gasteiger partial charge is 0.243 e. The van der Waals surface area contributed by atoms with Crippen molar-refractivity contribution < 1.29 is 4.74 Å². The van der Waals surface area contributed by atoms with Crippen LogP contribution in [0.3, 0.4) is 0 Å². The van der Waals surface area contributed by atoms with Gasteiger partial charge in [-0.05, 0) is 36.8 Å². The van der Waals surface area contributed by atoms with Crippen LogP contribution in [-0.4, -0.2) is 21.2 Å². The van der Waals surface area contributed by atoms with Gasteiger partial charge in [0.2, 0.25) is 5.95 Å². The van der Waals surface area contributed by atoms with Gasteiger partial charge in [0.15, 0.2) is 5.65 Å². The van der Waals surface area contributed by atoms with E-state index in [0.29, 0.717) is 19.1 Å². The van der Waals surface area contributed by atoms with Crippen molar-refractivity contribution in [2.75, 3.05) is 11.9 Å². The topological polar surface area (TPSA) is 51.5 Å². The summed E-state index contributed by atoms with van der Waals surface area (Å²) in [5.41, 5.74) is 1.97. The van der Waals surface area contributed by atoms with E-state index in [1.165, 1.54) is 0 Å². The maximum absolute atomic E-state index is 5.48. The zero-order valence-corrected chi connectivity index (χ0v) is 11.3. The van der Waals surface area contributed by atoms with Crippen LogP contribution in [-0.2, 0) is 6.54 Å². The summed E-state index contributed by atoms with van der Waals surface area (Å²) in [5.74, 6) is 1.51. The van der Waals surface area contributed by atoms with Gasteiger partial charge >= 0.3 is 0 Å². The van der Waals surface area contributed by atoms with Crippen molar-refractivity contribution >= 4 is 11.6 Å². The summed E-state index contributed by atoms with van der Waals surface area (Å²) in [6.45, 7) is 3.31. The number of nitrogens with zero attached hydrogens (tertiary/aromatic N) is 3. The predicted octanol–water partition coefficient (Wildman–Crippen LogP) is 2.74. The molecular weight excluding hydrogens is 252 g/mol. The molecule has 2 heterocycles. The van der Waals surface area contributed by atoms with E-state index in [1.807, 2.05) is 55.6 Å². The third-order valence-corrected chi connectivity index (χ3v) is 2.90. The van der Waals surface area contributed by atoms with E-state index >= 15 is 0 Å². The van der Waals surface area contributed by atoms with Gasteiger partial charge in [-0.2, -0.15) is 4.98 Å². The number of nitrogens with one attached hydrogen (secondary N) is 1. The molecule has 0 bridgehead atoms. The molecule has 20 heavy (non-hydrogen) atoms. The number of aromatic nitrogens is 3. The lowest BCUT2D eigenvalue weighted by molar-refractivity contribution is 0.340. The minimum Gasteiger partial charge on any atom is -0.494 e. The first-order valence-corrected chi connectivity index (χ1v) is 6.62. The van der Waals surface area contributed by atoms with Crippen LogP contribution in [0.25, 0.3) is 5.65 Å². The molecule has 2 aromatic heterocycles. The van der Waals surface area contributed by atoms with Crippen molar-refractivity contribution in [1.82, 2.24) is 14.6 Å². The second-order valence-corrected chi connectivity index (χ2v) is 4.37. The zero-order valence-electron chi connectivity index (χ0n) is 11.3. The van der Waals surface area contributed by atoms with Crippen LogP contribution in [0.4, 0.5) is 5.95 Å². The molecule has 0 spiro atoms. The molecule has 0 unspecified atom stereocenters. The zero-order chi connectivity index (χ0) is 13.8.